The number of benzene rings is 2. The van der Waals surface area contributed by atoms with Crippen LogP contribution in [0.2, 0.25) is 0 Å². The first kappa shape index (κ1) is 20.5. The van der Waals surface area contributed by atoms with Crippen LogP contribution >= 0.6 is 0 Å². The standard InChI is InChI=1S/C23H24N2O4/c1-4-13-25-22(27)19-8-6-5-7-18(19)21(24-25)23(28)29-14-20(26)17-11-9-16(10-12-17)15(2)3/h5-12,15H,4,13-14H2,1-3H3. The average molecular weight is 392 g/mol. The van der Waals surface area contributed by atoms with Gasteiger partial charge in [0.2, 0.25) is 0 Å². The van der Waals surface area contributed by atoms with Crippen LogP contribution in [0, 0.1) is 0 Å². The number of Topliss-reactive ketones (excluding diaryl/α,β-unsaturated/α-hetero) is 1. The Labute approximate surface area is 169 Å². The number of ether oxygens (including phenoxy) is 1. The van der Waals surface area contributed by atoms with E-state index in [0.717, 1.165) is 5.56 Å². The van der Waals surface area contributed by atoms with Crippen molar-refractivity contribution in [2.75, 3.05) is 6.61 Å². The first-order valence-electron chi connectivity index (χ1n) is 9.72. The maximum Gasteiger partial charge on any atom is 0.359 e. The third-order valence-corrected chi connectivity index (χ3v) is 4.73. The van der Waals surface area contributed by atoms with Crippen molar-refractivity contribution in [3.8, 4) is 0 Å². The number of carbonyl (C=O) groups excluding carboxylic acids is 2. The molecule has 2 aromatic carbocycles. The van der Waals surface area contributed by atoms with E-state index in [9.17, 15) is 14.4 Å². The van der Waals surface area contributed by atoms with Gasteiger partial charge >= 0.3 is 5.97 Å². The van der Waals surface area contributed by atoms with Gasteiger partial charge in [-0.25, -0.2) is 9.48 Å². The van der Waals surface area contributed by atoms with Crippen molar-refractivity contribution in [2.45, 2.75) is 39.7 Å². The Morgan fingerprint density at radius 1 is 1.03 bits per heavy atom. The number of hydrogen-bond acceptors (Lipinski definition) is 5. The van der Waals surface area contributed by atoms with Crippen molar-refractivity contribution in [1.82, 2.24) is 9.78 Å². The molecule has 1 aromatic heterocycles. The molecule has 0 radical (unpaired) electrons. The van der Waals surface area contributed by atoms with Crippen LogP contribution in [-0.2, 0) is 11.3 Å². The van der Waals surface area contributed by atoms with Gasteiger partial charge < -0.3 is 4.74 Å². The predicted octanol–water partition coefficient (Wildman–Crippen LogP) is 3.97. The van der Waals surface area contributed by atoms with E-state index < -0.39 is 5.97 Å². The van der Waals surface area contributed by atoms with Gasteiger partial charge in [0, 0.05) is 17.5 Å². The lowest BCUT2D eigenvalue weighted by molar-refractivity contribution is 0.0468. The Bertz CT molecular complexity index is 1100. The molecule has 0 saturated carbocycles. The molecule has 0 aliphatic carbocycles. The lowest BCUT2D eigenvalue weighted by Crippen LogP contribution is -2.27. The normalized spacial score (nSPS) is 11.0. The van der Waals surface area contributed by atoms with Gasteiger partial charge in [0.05, 0.1) is 5.39 Å². The molecule has 0 unspecified atom stereocenters. The van der Waals surface area contributed by atoms with Gasteiger partial charge in [0.25, 0.3) is 5.56 Å². The molecule has 0 aliphatic heterocycles. The van der Waals surface area contributed by atoms with Gasteiger partial charge in [0.15, 0.2) is 18.1 Å². The molecule has 0 saturated heterocycles. The van der Waals surface area contributed by atoms with Crippen LogP contribution in [0.1, 0.15) is 59.5 Å². The highest BCUT2D eigenvalue weighted by atomic mass is 16.5. The molecule has 0 fully saturated rings. The van der Waals surface area contributed by atoms with E-state index >= 15 is 0 Å². The zero-order valence-electron chi connectivity index (χ0n) is 16.8. The molecule has 0 N–H and O–H groups in total. The van der Waals surface area contributed by atoms with Crippen molar-refractivity contribution in [1.29, 1.82) is 0 Å². The molecule has 0 amide bonds. The van der Waals surface area contributed by atoms with E-state index in [2.05, 4.69) is 18.9 Å². The molecule has 150 valence electrons. The summed E-state index contributed by atoms with van der Waals surface area (Å²) in [6.45, 7) is 6.08. The third kappa shape index (κ3) is 4.42. The Kier molecular flexibility index (Phi) is 6.22. The van der Waals surface area contributed by atoms with Crippen molar-refractivity contribution < 1.29 is 14.3 Å². The number of ketones is 1. The molecular weight excluding hydrogens is 368 g/mol. The molecule has 6 heteroatoms. The molecular formula is C23H24N2O4. The Balaban J connectivity index is 1.82. The fraction of sp³-hybridized carbons (Fsp3) is 0.304. The Morgan fingerprint density at radius 3 is 2.31 bits per heavy atom. The minimum atomic E-state index is -0.724. The summed E-state index contributed by atoms with van der Waals surface area (Å²) in [6, 6.07) is 14.0. The zero-order chi connectivity index (χ0) is 21.0. The number of nitrogens with zero attached hydrogens (tertiary/aromatic N) is 2. The quantitative estimate of drug-likeness (QED) is 0.449. The van der Waals surface area contributed by atoms with E-state index in [1.54, 1.807) is 36.4 Å². The summed E-state index contributed by atoms with van der Waals surface area (Å²) >= 11 is 0. The highest BCUT2D eigenvalue weighted by Crippen LogP contribution is 2.16. The topological polar surface area (TPSA) is 78.3 Å². The number of esters is 1. The Hall–Kier alpha value is -3.28. The molecule has 0 spiro atoms. The van der Waals surface area contributed by atoms with Gasteiger partial charge in [-0.15, -0.1) is 0 Å². The summed E-state index contributed by atoms with van der Waals surface area (Å²) in [5.41, 5.74) is 1.40. The number of carbonyl (C=O) groups is 2. The van der Waals surface area contributed by atoms with Crippen molar-refractivity contribution in [3.05, 3.63) is 75.7 Å². The van der Waals surface area contributed by atoms with Crippen LogP contribution < -0.4 is 5.56 Å². The lowest BCUT2D eigenvalue weighted by atomic mass is 10.0. The van der Waals surface area contributed by atoms with Crippen LogP contribution in [0.25, 0.3) is 10.8 Å². The maximum atomic E-state index is 12.7. The van der Waals surface area contributed by atoms with Crippen LogP contribution in [0.3, 0.4) is 0 Å². The first-order chi connectivity index (χ1) is 13.9. The van der Waals surface area contributed by atoms with Gasteiger partial charge in [-0.2, -0.15) is 5.10 Å². The summed E-state index contributed by atoms with van der Waals surface area (Å²) in [7, 11) is 0. The number of aromatic nitrogens is 2. The largest absolute Gasteiger partial charge is 0.452 e. The highest BCUT2D eigenvalue weighted by Gasteiger charge is 2.19. The van der Waals surface area contributed by atoms with Crippen molar-refractivity contribution >= 4 is 22.5 Å². The molecule has 3 rings (SSSR count). The monoisotopic (exact) mass is 392 g/mol. The molecule has 0 aliphatic rings. The van der Waals surface area contributed by atoms with Crippen molar-refractivity contribution in [2.24, 2.45) is 0 Å². The predicted molar refractivity (Wildman–Crippen MR) is 111 cm³/mol. The average Bonchev–Trinajstić information content (AvgIpc) is 2.74. The minimum absolute atomic E-state index is 0.0385. The fourth-order valence-corrected chi connectivity index (χ4v) is 3.09. The maximum absolute atomic E-state index is 12.7. The number of hydrogen-bond donors (Lipinski definition) is 0. The second-order valence-corrected chi connectivity index (χ2v) is 7.20. The summed E-state index contributed by atoms with van der Waals surface area (Å²) in [4.78, 5) is 37.6. The lowest BCUT2D eigenvalue weighted by Gasteiger charge is -2.10. The van der Waals surface area contributed by atoms with Gasteiger partial charge in [0.1, 0.15) is 0 Å². The number of fused-ring (bicyclic) bond motifs is 1. The van der Waals surface area contributed by atoms with Gasteiger partial charge in [-0.05, 0) is 24.0 Å². The number of aryl methyl sites for hydroxylation is 1. The molecule has 3 aromatic rings. The van der Waals surface area contributed by atoms with E-state index in [1.165, 1.54) is 4.68 Å². The van der Waals surface area contributed by atoms with Crippen LogP contribution in [-0.4, -0.2) is 28.1 Å². The summed E-state index contributed by atoms with van der Waals surface area (Å²) in [5, 5.41) is 5.01. The zero-order valence-corrected chi connectivity index (χ0v) is 16.8. The second kappa shape index (κ2) is 8.82. The van der Waals surface area contributed by atoms with Gasteiger partial charge in [-0.1, -0.05) is 63.2 Å². The SMILES string of the molecule is CCCn1nc(C(=O)OCC(=O)c2ccc(C(C)C)cc2)c2ccccc2c1=O. The summed E-state index contributed by atoms with van der Waals surface area (Å²) < 4.78 is 6.51. The second-order valence-electron chi connectivity index (χ2n) is 7.20. The first-order valence-corrected chi connectivity index (χ1v) is 9.72. The van der Waals surface area contributed by atoms with Crippen molar-refractivity contribution in [3.63, 3.8) is 0 Å². The molecule has 29 heavy (non-hydrogen) atoms. The summed E-state index contributed by atoms with van der Waals surface area (Å²) in [6.07, 6.45) is 0.699. The van der Waals surface area contributed by atoms with E-state index in [1.807, 2.05) is 19.1 Å². The van der Waals surface area contributed by atoms with Gasteiger partial charge in [-0.3, -0.25) is 9.59 Å². The van der Waals surface area contributed by atoms with Crippen LogP contribution in [0.5, 0.6) is 0 Å². The third-order valence-electron chi connectivity index (χ3n) is 4.73. The van der Waals surface area contributed by atoms with Crippen LogP contribution in [0.4, 0.5) is 0 Å². The molecule has 0 atom stereocenters. The van der Waals surface area contributed by atoms with E-state index in [0.29, 0.717) is 35.2 Å². The summed E-state index contributed by atoms with van der Waals surface area (Å²) in [5.74, 6) is -0.645. The smallest absolute Gasteiger partial charge is 0.359 e. The minimum Gasteiger partial charge on any atom is -0.452 e. The fourth-order valence-electron chi connectivity index (χ4n) is 3.09. The highest BCUT2D eigenvalue weighted by molar-refractivity contribution is 6.04. The molecule has 6 nitrogen and oxygen atoms in total. The van der Waals surface area contributed by atoms with Crippen LogP contribution in [0.15, 0.2) is 53.3 Å². The Morgan fingerprint density at radius 2 is 1.69 bits per heavy atom. The van der Waals surface area contributed by atoms with E-state index in [4.69, 9.17) is 4.74 Å². The van der Waals surface area contributed by atoms with E-state index in [-0.39, 0.29) is 23.6 Å². The molecule has 1 heterocycles. The number of rotatable bonds is 7. The molecule has 0 bridgehead atoms.